The number of para-hydroxylation sites is 1. The summed E-state index contributed by atoms with van der Waals surface area (Å²) in [6, 6.07) is 12.9. The largest absolute Gasteiger partial charge is 0.504 e. The number of carbonyl (C=O) groups excluding carboxylic acids is 3. The second kappa shape index (κ2) is 15.0. The zero-order chi connectivity index (χ0) is 30.8. The summed E-state index contributed by atoms with van der Waals surface area (Å²) in [5, 5.41) is 29.0. The average Bonchev–Trinajstić information content (AvgIpc) is 3.00. The normalized spacial score (nSPS) is 19.9. The second-order valence-electron chi connectivity index (χ2n) is 10.4. The van der Waals surface area contributed by atoms with Crippen molar-refractivity contribution in [3.63, 3.8) is 0 Å². The Hall–Kier alpha value is -4.61. The minimum absolute atomic E-state index is 0.00764. The molecule has 1 saturated heterocycles. The molecule has 1 aliphatic heterocycles. The van der Waals surface area contributed by atoms with Gasteiger partial charge in [0.15, 0.2) is 11.5 Å². The van der Waals surface area contributed by atoms with Crippen LogP contribution in [0.15, 0.2) is 85.0 Å². The van der Waals surface area contributed by atoms with E-state index in [0.29, 0.717) is 18.5 Å². The molecule has 11 heteroatoms. The van der Waals surface area contributed by atoms with Gasteiger partial charge in [0.2, 0.25) is 11.8 Å². The number of aliphatic hydroxyl groups is 1. The fraction of sp³-hybridized carbons (Fsp3) is 0.344. The van der Waals surface area contributed by atoms with Gasteiger partial charge in [0.1, 0.15) is 12.2 Å². The van der Waals surface area contributed by atoms with Crippen molar-refractivity contribution in [1.29, 1.82) is 0 Å². The summed E-state index contributed by atoms with van der Waals surface area (Å²) in [5.41, 5.74) is 2.28. The first-order valence-corrected chi connectivity index (χ1v) is 14.2. The number of phenolic OH excluding ortho intramolecular Hbond substituents is 1. The number of aliphatic hydroxyl groups excluding tert-OH is 1. The predicted molar refractivity (Wildman–Crippen MR) is 162 cm³/mol. The van der Waals surface area contributed by atoms with Crippen molar-refractivity contribution in [2.24, 2.45) is 0 Å². The minimum atomic E-state index is -0.944. The molecule has 11 nitrogen and oxygen atoms in total. The van der Waals surface area contributed by atoms with Crippen molar-refractivity contribution in [1.82, 2.24) is 25.8 Å². The third kappa shape index (κ3) is 8.24. The van der Waals surface area contributed by atoms with Crippen LogP contribution in [0.1, 0.15) is 24.0 Å². The first-order chi connectivity index (χ1) is 20.8. The van der Waals surface area contributed by atoms with Crippen molar-refractivity contribution in [2.45, 2.75) is 44.2 Å². The maximum Gasteiger partial charge on any atom is 0.316 e. The van der Waals surface area contributed by atoms with Crippen molar-refractivity contribution >= 4 is 17.8 Å². The molecule has 3 atom stereocenters. The third-order valence-electron chi connectivity index (χ3n) is 7.33. The van der Waals surface area contributed by atoms with Gasteiger partial charge in [-0.15, -0.1) is 6.58 Å². The number of piperazine rings is 1. The van der Waals surface area contributed by atoms with Crippen LogP contribution in [0.4, 0.5) is 4.79 Å². The molecular weight excluding hydrogens is 550 g/mol. The highest BCUT2D eigenvalue weighted by Gasteiger charge is 2.44. The van der Waals surface area contributed by atoms with E-state index in [4.69, 9.17) is 4.74 Å². The van der Waals surface area contributed by atoms with E-state index in [1.165, 1.54) is 18.1 Å². The van der Waals surface area contributed by atoms with Crippen LogP contribution in [-0.2, 0) is 22.7 Å². The van der Waals surface area contributed by atoms with E-state index in [2.05, 4.69) is 22.5 Å². The molecule has 2 aromatic carbocycles. The molecule has 0 bridgehead atoms. The Kier molecular flexibility index (Phi) is 11.0. The number of hydrogen-bond donors (Lipinski definition) is 5. The second-order valence-corrected chi connectivity index (χ2v) is 10.4. The number of methoxy groups -OCH3 is 1. The number of carbonyl (C=O) groups is 3. The number of rotatable bonds is 12. The minimum Gasteiger partial charge on any atom is -0.504 e. The Morgan fingerprint density at radius 2 is 1.95 bits per heavy atom. The van der Waals surface area contributed by atoms with Gasteiger partial charge in [0.25, 0.3) is 0 Å². The first kappa shape index (κ1) is 31.3. The highest BCUT2D eigenvalue weighted by Crippen LogP contribution is 2.32. The Bertz CT molecular complexity index is 1360. The summed E-state index contributed by atoms with van der Waals surface area (Å²) >= 11 is 0. The number of nitrogens with one attached hydrogen (secondary N) is 3. The molecule has 2 unspecified atom stereocenters. The maximum atomic E-state index is 14.1. The summed E-state index contributed by atoms with van der Waals surface area (Å²) < 4.78 is 5.40. The maximum absolute atomic E-state index is 14.1. The van der Waals surface area contributed by atoms with Crippen LogP contribution < -0.4 is 20.7 Å². The number of urea groups is 1. The first-order valence-electron chi connectivity index (χ1n) is 14.2. The van der Waals surface area contributed by atoms with Crippen molar-refractivity contribution in [3.05, 3.63) is 96.1 Å². The lowest BCUT2D eigenvalue weighted by molar-refractivity contribution is -0.156. The molecule has 1 aliphatic carbocycles. The van der Waals surface area contributed by atoms with E-state index in [-0.39, 0.29) is 55.9 Å². The number of amides is 4. The number of aromatic hydroxyl groups is 1. The van der Waals surface area contributed by atoms with Gasteiger partial charge in [-0.2, -0.15) is 0 Å². The standard InChI is InChI=1S/C32H39N5O6/c1-3-16-33-19-29(40)37-26(17-22-12-14-25(38)15-13-22)31(41)36(20-24-10-7-11-27(39)30(24)43-2)21-28(37)35-32(42)34-18-23-8-5-4-6-9-23/h3-14,25-26,28,33,38-39H,1,15-21H2,2H3,(H2,34,35,42)/t25?,26-,28?/m0/s1. The SMILES string of the molecule is C=CCNCC(=O)N1C(NC(=O)NCc2ccccc2)CN(Cc2cccc(O)c2OC)C(=O)[C@@H]1CC1=CCC(O)C=C1. The molecule has 1 fully saturated rings. The quantitative estimate of drug-likeness (QED) is 0.189. The van der Waals surface area contributed by atoms with Crippen LogP contribution in [0.3, 0.4) is 0 Å². The number of hydrogen-bond acceptors (Lipinski definition) is 7. The van der Waals surface area contributed by atoms with E-state index in [9.17, 15) is 24.6 Å². The van der Waals surface area contributed by atoms with Crippen LogP contribution in [0.5, 0.6) is 11.5 Å². The zero-order valence-electron chi connectivity index (χ0n) is 24.2. The zero-order valence-corrected chi connectivity index (χ0v) is 24.2. The van der Waals surface area contributed by atoms with Crippen LogP contribution >= 0.6 is 0 Å². The molecule has 0 saturated carbocycles. The number of phenols is 1. The van der Waals surface area contributed by atoms with E-state index in [1.807, 2.05) is 36.4 Å². The summed E-state index contributed by atoms with van der Waals surface area (Å²) in [5.74, 6) is -0.484. The van der Waals surface area contributed by atoms with E-state index in [0.717, 1.165) is 11.1 Å². The van der Waals surface area contributed by atoms with Gasteiger partial charge in [0, 0.05) is 31.6 Å². The van der Waals surface area contributed by atoms with E-state index >= 15 is 0 Å². The van der Waals surface area contributed by atoms with Gasteiger partial charge < -0.3 is 40.7 Å². The lowest BCUT2D eigenvalue weighted by Gasteiger charge is -2.46. The number of allylic oxidation sites excluding steroid dienone is 1. The third-order valence-corrected chi connectivity index (χ3v) is 7.33. The smallest absolute Gasteiger partial charge is 0.316 e. The van der Waals surface area contributed by atoms with E-state index < -0.39 is 24.3 Å². The molecule has 0 aromatic heterocycles. The van der Waals surface area contributed by atoms with Crippen molar-refractivity contribution in [2.75, 3.05) is 26.7 Å². The lowest BCUT2D eigenvalue weighted by Crippen LogP contribution is -2.69. The number of benzene rings is 2. The Labute approximate surface area is 251 Å². The molecular formula is C32H39N5O6. The Morgan fingerprint density at radius 3 is 2.65 bits per heavy atom. The van der Waals surface area contributed by atoms with E-state index in [1.54, 1.807) is 35.3 Å². The van der Waals surface area contributed by atoms with Gasteiger partial charge in [-0.3, -0.25) is 9.59 Å². The molecule has 4 rings (SSSR count). The molecule has 2 aliphatic rings. The highest BCUT2D eigenvalue weighted by molar-refractivity contribution is 5.91. The average molecular weight is 590 g/mol. The Morgan fingerprint density at radius 1 is 1.16 bits per heavy atom. The van der Waals surface area contributed by atoms with Crippen LogP contribution in [0.25, 0.3) is 0 Å². The molecule has 4 amide bonds. The van der Waals surface area contributed by atoms with Crippen LogP contribution in [0.2, 0.25) is 0 Å². The topological polar surface area (TPSA) is 143 Å². The summed E-state index contributed by atoms with van der Waals surface area (Å²) in [4.78, 5) is 43.9. The fourth-order valence-corrected chi connectivity index (χ4v) is 5.24. The molecule has 0 spiro atoms. The predicted octanol–water partition coefficient (Wildman–Crippen LogP) is 2.18. The molecule has 0 radical (unpaired) electrons. The molecule has 228 valence electrons. The summed E-state index contributed by atoms with van der Waals surface area (Å²) in [6.07, 6.45) is 6.01. The number of nitrogens with zero attached hydrogens (tertiary/aromatic N) is 2. The van der Waals surface area contributed by atoms with Gasteiger partial charge in [-0.25, -0.2) is 4.79 Å². The summed E-state index contributed by atoms with van der Waals surface area (Å²) in [7, 11) is 1.44. The van der Waals surface area contributed by atoms with Gasteiger partial charge in [-0.1, -0.05) is 66.8 Å². The van der Waals surface area contributed by atoms with Crippen LogP contribution in [-0.4, -0.2) is 82.9 Å². The number of ether oxygens (including phenoxy) is 1. The molecule has 5 N–H and O–H groups in total. The fourth-order valence-electron chi connectivity index (χ4n) is 5.24. The van der Waals surface area contributed by atoms with Crippen molar-refractivity contribution < 1.29 is 29.3 Å². The summed E-state index contributed by atoms with van der Waals surface area (Å²) in [6.45, 7) is 4.37. The van der Waals surface area contributed by atoms with Crippen LogP contribution in [0, 0.1) is 0 Å². The molecule has 2 aromatic rings. The van der Waals surface area contributed by atoms with Gasteiger partial charge in [0.05, 0.1) is 26.3 Å². The van der Waals surface area contributed by atoms with Crippen molar-refractivity contribution in [3.8, 4) is 11.5 Å². The lowest BCUT2D eigenvalue weighted by atomic mass is 9.95. The Balaban J connectivity index is 1.64. The van der Waals surface area contributed by atoms with Gasteiger partial charge >= 0.3 is 6.03 Å². The molecule has 43 heavy (non-hydrogen) atoms. The monoisotopic (exact) mass is 589 g/mol. The highest BCUT2D eigenvalue weighted by atomic mass is 16.5. The molecule has 1 heterocycles. The van der Waals surface area contributed by atoms with Gasteiger partial charge in [-0.05, 0) is 23.6 Å².